The van der Waals surface area contributed by atoms with E-state index in [2.05, 4.69) is 18.9 Å². The minimum Gasteiger partial charge on any atom is -0.340 e. The van der Waals surface area contributed by atoms with Crippen LogP contribution in [0.25, 0.3) is 0 Å². The fourth-order valence-electron chi connectivity index (χ4n) is 2.23. The molecule has 2 fully saturated rings. The highest BCUT2D eigenvalue weighted by Crippen LogP contribution is 2.27. The average Bonchev–Trinajstić information content (AvgIpc) is 3.00. The van der Waals surface area contributed by atoms with Crippen molar-refractivity contribution in [2.75, 3.05) is 20.1 Å². The van der Waals surface area contributed by atoms with Crippen LogP contribution in [0, 0.1) is 0 Å². The van der Waals surface area contributed by atoms with Crippen molar-refractivity contribution in [2.24, 2.45) is 5.73 Å². The van der Waals surface area contributed by atoms with Crippen molar-refractivity contribution < 1.29 is 4.79 Å². The lowest BCUT2D eigenvalue weighted by molar-refractivity contribution is -0.129. The van der Waals surface area contributed by atoms with Crippen molar-refractivity contribution in [3.05, 3.63) is 0 Å². The first-order valence-corrected chi connectivity index (χ1v) is 5.86. The Labute approximate surface area is 91.4 Å². The van der Waals surface area contributed by atoms with Crippen LogP contribution in [0.3, 0.4) is 0 Å². The lowest BCUT2D eigenvalue weighted by atomic mass is 10.2. The number of nitrogens with two attached hydrogens (primary N) is 1. The van der Waals surface area contributed by atoms with Crippen molar-refractivity contribution in [3.63, 3.8) is 0 Å². The maximum atomic E-state index is 11.6. The molecule has 0 spiro atoms. The van der Waals surface area contributed by atoms with Crippen LogP contribution in [0.4, 0.5) is 0 Å². The van der Waals surface area contributed by atoms with Gasteiger partial charge in [-0.3, -0.25) is 9.69 Å². The van der Waals surface area contributed by atoms with Crippen LogP contribution in [0.5, 0.6) is 0 Å². The topological polar surface area (TPSA) is 49.6 Å². The van der Waals surface area contributed by atoms with Crippen LogP contribution in [0.2, 0.25) is 0 Å². The summed E-state index contributed by atoms with van der Waals surface area (Å²) >= 11 is 0. The Morgan fingerprint density at radius 2 is 2.20 bits per heavy atom. The Bertz CT molecular complexity index is 252. The summed E-state index contributed by atoms with van der Waals surface area (Å²) in [7, 11) is 2.16. The molecule has 1 saturated heterocycles. The largest absolute Gasteiger partial charge is 0.340 e. The van der Waals surface area contributed by atoms with Crippen LogP contribution in [-0.4, -0.2) is 54.0 Å². The summed E-state index contributed by atoms with van der Waals surface area (Å²) < 4.78 is 0. The molecule has 0 aromatic rings. The Kier molecular flexibility index (Phi) is 2.98. The second-order valence-electron chi connectivity index (χ2n) is 4.93. The lowest BCUT2D eigenvalue weighted by Gasteiger charge is -2.28. The summed E-state index contributed by atoms with van der Waals surface area (Å²) in [5.74, 6) is 0.131. The van der Waals surface area contributed by atoms with E-state index in [-0.39, 0.29) is 11.9 Å². The molecule has 1 amide bonds. The van der Waals surface area contributed by atoms with E-state index in [1.165, 1.54) is 12.8 Å². The Balaban J connectivity index is 1.83. The van der Waals surface area contributed by atoms with Crippen LogP contribution in [0.1, 0.15) is 26.2 Å². The Morgan fingerprint density at radius 1 is 1.53 bits per heavy atom. The van der Waals surface area contributed by atoms with Gasteiger partial charge in [0.25, 0.3) is 0 Å². The first kappa shape index (κ1) is 10.9. The summed E-state index contributed by atoms with van der Waals surface area (Å²) in [6, 6.07) is 0.960. The van der Waals surface area contributed by atoms with E-state index in [1.807, 2.05) is 4.90 Å². The molecule has 0 aromatic heterocycles. The van der Waals surface area contributed by atoms with Gasteiger partial charge in [0.05, 0.1) is 6.04 Å². The number of likely N-dealkylation sites (tertiary alicyclic amines) is 1. The average molecular weight is 211 g/mol. The van der Waals surface area contributed by atoms with Gasteiger partial charge in [0.2, 0.25) is 5.91 Å². The van der Waals surface area contributed by atoms with Gasteiger partial charge in [-0.2, -0.15) is 0 Å². The molecule has 1 aliphatic heterocycles. The van der Waals surface area contributed by atoms with Gasteiger partial charge in [0.1, 0.15) is 0 Å². The molecule has 1 saturated carbocycles. The van der Waals surface area contributed by atoms with Crippen molar-refractivity contribution in [1.29, 1.82) is 0 Å². The van der Waals surface area contributed by atoms with E-state index in [0.29, 0.717) is 6.04 Å². The fourth-order valence-corrected chi connectivity index (χ4v) is 2.23. The number of carbonyl (C=O) groups excluding carboxylic acids is 1. The van der Waals surface area contributed by atoms with Gasteiger partial charge < -0.3 is 10.6 Å². The summed E-state index contributed by atoms with van der Waals surface area (Å²) in [5.41, 5.74) is 5.69. The van der Waals surface area contributed by atoms with E-state index in [0.717, 1.165) is 25.6 Å². The van der Waals surface area contributed by atoms with Gasteiger partial charge in [-0.25, -0.2) is 0 Å². The smallest absolute Gasteiger partial charge is 0.239 e. The zero-order chi connectivity index (χ0) is 11.0. The molecule has 4 heteroatoms. The summed E-state index contributed by atoms with van der Waals surface area (Å²) in [5, 5.41) is 0. The molecule has 1 aliphatic carbocycles. The minimum absolute atomic E-state index is 0.131. The highest BCUT2D eigenvalue weighted by molar-refractivity contribution is 5.83. The van der Waals surface area contributed by atoms with Gasteiger partial charge in [-0.15, -0.1) is 0 Å². The number of likely N-dealkylation sites (N-methyl/N-ethyl adjacent to an activating group) is 1. The van der Waals surface area contributed by atoms with Crippen molar-refractivity contribution in [1.82, 2.24) is 9.80 Å². The van der Waals surface area contributed by atoms with Crippen molar-refractivity contribution in [3.8, 4) is 0 Å². The lowest BCUT2D eigenvalue weighted by Crippen LogP contribution is -2.43. The molecule has 86 valence electrons. The maximum absolute atomic E-state index is 11.6. The normalized spacial score (nSPS) is 28.9. The van der Waals surface area contributed by atoms with Crippen LogP contribution >= 0.6 is 0 Å². The summed E-state index contributed by atoms with van der Waals surface area (Å²) in [6.07, 6.45) is 3.45. The maximum Gasteiger partial charge on any atom is 0.239 e. The van der Waals surface area contributed by atoms with Crippen LogP contribution < -0.4 is 5.73 Å². The van der Waals surface area contributed by atoms with Gasteiger partial charge in [0, 0.05) is 25.2 Å². The monoisotopic (exact) mass is 211 g/mol. The quantitative estimate of drug-likeness (QED) is 0.713. The molecule has 2 unspecified atom stereocenters. The molecule has 2 rings (SSSR count). The molecule has 2 aliphatic rings. The number of carbonyl (C=O) groups is 1. The van der Waals surface area contributed by atoms with Crippen LogP contribution in [0.15, 0.2) is 0 Å². The molecule has 0 radical (unpaired) electrons. The Hall–Kier alpha value is -0.610. The van der Waals surface area contributed by atoms with E-state index >= 15 is 0 Å². The summed E-state index contributed by atoms with van der Waals surface area (Å²) in [6.45, 7) is 3.86. The SMILES string of the molecule is CC(CN1CCC(N)C1=O)N(C)C1CC1. The summed E-state index contributed by atoms with van der Waals surface area (Å²) in [4.78, 5) is 15.9. The second-order valence-corrected chi connectivity index (χ2v) is 4.93. The van der Waals surface area contributed by atoms with Crippen LogP contribution in [-0.2, 0) is 4.79 Å². The van der Waals surface area contributed by atoms with E-state index in [1.54, 1.807) is 0 Å². The molecular formula is C11H21N3O. The number of amides is 1. The van der Waals surface area contributed by atoms with E-state index < -0.39 is 0 Å². The number of nitrogens with zero attached hydrogens (tertiary/aromatic N) is 2. The van der Waals surface area contributed by atoms with Gasteiger partial charge in [0.15, 0.2) is 0 Å². The predicted molar refractivity (Wildman–Crippen MR) is 59.4 cm³/mol. The third kappa shape index (κ3) is 2.32. The molecular weight excluding hydrogens is 190 g/mol. The Morgan fingerprint density at radius 3 is 2.67 bits per heavy atom. The minimum atomic E-state index is -0.247. The molecule has 0 bridgehead atoms. The molecule has 1 heterocycles. The van der Waals surface area contributed by atoms with E-state index in [9.17, 15) is 4.79 Å². The first-order chi connectivity index (χ1) is 7.09. The molecule has 0 aromatic carbocycles. The number of hydrogen-bond donors (Lipinski definition) is 1. The predicted octanol–water partition coefficient (Wildman–Crippen LogP) is 0.0287. The number of rotatable bonds is 4. The highest BCUT2D eigenvalue weighted by atomic mass is 16.2. The van der Waals surface area contributed by atoms with Gasteiger partial charge in [-0.05, 0) is 33.2 Å². The van der Waals surface area contributed by atoms with Gasteiger partial charge >= 0.3 is 0 Å². The van der Waals surface area contributed by atoms with Gasteiger partial charge in [-0.1, -0.05) is 0 Å². The third-order valence-corrected chi connectivity index (χ3v) is 3.64. The third-order valence-electron chi connectivity index (χ3n) is 3.64. The fraction of sp³-hybridized carbons (Fsp3) is 0.909. The van der Waals surface area contributed by atoms with Crippen molar-refractivity contribution in [2.45, 2.75) is 44.3 Å². The standard InChI is InChI=1S/C11H21N3O/c1-8(13(2)9-3-4-9)7-14-6-5-10(12)11(14)15/h8-10H,3-7,12H2,1-2H3. The first-order valence-electron chi connectivity index (χ1n) is 5.86. The molecule has 15 heavy (non-hydrogen) atoms. The molecule has 4 nitrogen and oxygen atoms in total. The number of hydrogen-bond acceptors (Lipinski definition) is 3. The van der Waals surface area contributed by atoms with E-state index in [4.69, 9.17) is 5.73 Å². The molecule has 2 N–H and O–H groups in total. The zero-order valence-electron chi connectivity index (χ0n) is 9.65. The second kappa shape index (κ2) is 4.10. The highest BCUT2D eigenvalue weighted by Gasteiger charge is 2.33. The van der Waals surface area contributed by atoms with Crippen molar-refractivity contribution >= 4 is 5.91 Å². The zero-order valence-corrected chi connectivity index (χ0v) is 9.65. The molecule has 2 atom stereocenters.